The predicted octanol–water partition coefficient (Wildman–Crippen LogP) is 3.64. The van der Waals surface area contributed by atoms with E-state index in [-0.39, 0.29) is 23.8 Å². The molecule has 0 radical (unpaired) electrons. The second-order valence-electron chi connectivity index (χ2n) is 9.56. The van der Waals surface area contributed by atoms with Gasteiger partial charge in [-0.25, -0.2) is 13.2 Å². The van der Waals surface area contributed by atoms with Crippen LogP contribution in [-0.2, 0) is 19.5 Å². The van der Waals surface area contributed by atoms with Crippen LogP contribution in [0.25, 0.3) is 0 Å². The summed E-state index contributed by atoms with van der Waals surface area (Å²) in [5, 5.41) is 0. The largest absolute Gasteiger partial charge is 0.444 e. The van der Waals surface area contributed by atoms with Crippen molar-refractivity contribution in [3.8, 4) is 0 Å². The van der Waals surface area contributed by atoms with Gasteiger partial charge in [-0.3, -0.25) is 0 Å². The molecule has 0 bridgehead atoms. The molecule has 2 saturated heterocycles. The van der Waals surface area contributed by atoms with E-state index in [2.05, 4.69) is 0 Å². The Hall–Kier alpha value is -1.64. The molecule has 1 amide bonds. The number of hydrogen-bond donors (Lipinski definition) is 0. The summed E-state index contributed by atoms with van der Waals surface area (Å²) in [5.74, 6) is 0. The van der Waals surface area contributed by atoms with Gasteiger partial charge in [0, 0.05) is 19.1 Å². The summed E-state index contributed by atoms with van der Waals surface area (Å²) < 4.78 is 39.9. The fourth-order valence-electron chi connectivity index (χ4n) is 4.37. The lowest BCUT2D eigenvalue weighted by Crippen LogP contribution is -2.49. The van der Waals surface area contributed by atoms with E-state index in [1.165, 1.54) is 0 Å². The van der Waals surface area contributed by atoms with Gasteiger partial charge in [0.05, 0.1) is 23.1 Å². The molecule has 2 fully saturated rings. The number of ether oxygens (including phenoxy) is 2. The fourth-order valence-corrected chi connectivity index (χ4v) is 6.19. The first kappa shape index (κ1) is 23.0. The number of piperidine rings is 1. The average molecular weight is 439 g/mol. The Morgan fingerprint density at radius 2 is 1.80 bits per heavy atom. The van der Waals surface area contributed by atoms with E-state index in [4.69, 9.17) is 9.47 Å². The van der Waals surface area contributed by atoms with Crippen molar-refractivity contribution in [2.75, 3.05) is 19.7 Å². The van der Waals surface area contributed by atoms with E-state index in [9.17, 15) is 13.2 Å². The van der Waals surface area contributed by atoms with Gasteiger partial charge in [-0.05, 0) is 66.0 Å². The number of carbonyl (C=O) groups is 1. The average Bonchev–Trinajstić information content (AvgIpc) is 3.04. The van der Waals surface area contributed by atoms with Crippen LogP contribution in [0.4, 0.5) is 4.79 Å². The highest BCUT2D eigenvalue weighted by molar-refractivity contribution is 7.89. The maximum atomic E-state index is 13.3. The normalized spacial score (nSPS) is 22.1. The molecule has 0 saturated carbocycles. The van der Waals surface area contributed by atoms with Gasteiger partial charge < -0.3 is 14.4 Å². The molecule has 3 rings (SSSR count). The van der Waals surface area contributed by atoms with Gasteiger partial charge in [-0.2, -0.15) is 4.31 Å². The van der Waals surface area contributed by atoms with E-state index < -0.39 is 15.6 Å². The monoisotopic (exact) mass is 438 g/mol. The molecule has 2 aliphatic heterocycles. The van der Waals surface area contributed by atoms with Gasteiger partial charge in [0.15, 0.2) is 0 Å². The summed E-state index contributed by atoms with van der Waals surface area (Å²) in [6.07, 6.45) is 1.70. The second kappa shape index (κ2) is 8.48. The van der Waals surface area contributed by atoms with Crippen molar-refractivity contribution < 1.29 is 22.7 Å². The minimum absolute atomic E-state index is 0.180. The first-order valence-corrected chi connectivity index (χ1v) is 12.1. The van der Waals surface area contributed by atoms with E-state index in [1.807, 2.05) is 40.7 Å². The molecule has 7 nitrogen and oxygen atoms in total. The molecule has 1 aromatic rings. The van der Waals surface area contributed by atoms with Gasteiger partial charge in [-0.1, -0.05) is 18.2 Å². The van der Waals surface area contributed by atoms with Crippen molar-refractivity contribution in [1.82, 2.24) is 9.21 Å². The third-order valence-electron chi connectivity index (χ3n) is 5.70. The molecule has 30 heavy (non-hydrogen) atoms. The smallest absolute Gasteiger partial charge is 0.410 e. The summed E-state index contributed by atoms with van der Waals surface area (Å²) in [5.41, 5.74) is -0.909. The zero-order valence-corrected chi connectivity index (χ0v) is 19.4. The summed E-state index contributed by atoms with van der Waals surface area (Å²) >= 11 is 0. The lowest BCUT2D eigenvalue weighted by Gasteiger charge is -2.39. The van der Waals surface area contributed by atoms with Crippen LogP contribution >= 0.6 is 0 Å². The van der Waals surface area contributed by atoms with Gasteiger partial charge in [0.25, 0.3) is 0 Å². The predicted molar refractivity (Wildman–Crippen MR) is 115 cm³/mol. The van der Waals surface area contributed by atoms with Crippen LogP contribution in [0.15, 0.2) is 35.2 Å². The van der Waals surface area contributed by atoms with Crippen LogP contribution in [0.5, 0.6) is 0 Å². The SMILES string of the molecule is CC(C)N([C@H]1COC2(CCN(C(=O)OC(C)(C)C)CC2)C1)S(=O)(=O)c1ccccc1. The van der Waals surface area contributed by atoms with Crippen molar-refractivity contribution >= 4 is 16.1 Å². The summed E-state index contributed by atoms with van der Waals surface area (Å²) in [6, 6.07) is 8.16. The number of sulfonamides is 1. The minimum Gasteiger partial charge on any atom is -0.444 e. The van der Waals surface area contributed by atoms with Gasteiger partial charge in [-0.15, -0.1) is 0 Å². The Morgan fingerprint density at radius 1 is 1.20 bits per heavy atom. The van der Waals surface area contributed by atoms with Crippen molar-refractivity contribution in [3.63, 3.8) is 0 Å². The van der Waals surface area contributed by atoms with Crippen molar-refractivity contribution in [2.45, 2.75) is 82.1 Å². The quantitative estimate of drug-likeness (QED) is 0.717. The number of amides is 1. The number of nitrogens with zero attached hydrogens (tertiary/aromatic N) is 2. The third-order valence-corrected chi connectivity index (χ3v) is 7.85. The number of rotatable bonds is 4. The van der Waals surface area contributed by atoms with Crippen LogP contribution in [0, 0.1) is 0 Å². The molecule has 2 heterocycles. The fraction of sp³-hybridized carbons (Fsp3) is 0.682. The molecular weight excluding hydrogens is 404 g/mol. The highest BCUT2D eigenvalue weighted by atomic mass is 32.2. The first-order valence-electron chi connectivity index (χ1n) is 10.6. The lowest BCUT2D eigenvalue weighted by molar-refractivity contribution is -0.0487. The summed E-state index contributed by atoms with van der Waals surface area (Å²) in [4.78, 5) is 14.4. The molecule has 168 valence electrons. The zero-order valence-electron chi connectivity index (χ0n) is 18.6. The molecule has 1 atom stereocenters. The van der Waals surface area contributed by atoms with Crippen LogP contribution in [0.1, 0.15) is 53.9 Å². The Bertz CT molecular complexity index is 840. The number of benzene rings is 1. The molecular formula is C22H34N2O5S. The van der Waals surface area contributed by atoms with Gasteiger partial charge >= 0.3 is 6.09 Å². The maximum absolute atomic E-state index is 13.3. The van der Waals surface area contributed by atoms with Crippen molar-refractivity contribution in [1.29, 1.82) is 0 Å². The highest BCUT2D eigenvalue weighted by Crippen LogP contribution is 2.39. The molecule has 0 unspecified atom stereocenters. The highest BCUT2D eigenvalue weighted by Gasteiger charge is 2.48. The molecule has 1 aromatic carbocycles. The molecule has 0 N–H and O–H groups in total. The van der Waals surface area contributed by atoms with Crippen molar-refractivity contribution in [2.24, 2.45) is 0 Å². The third kappa shape index (κ3) is 4.98. The van der Waals surface area contributed by atoms with Crippen LogP contribution < -0.4 is 0 Å². The van der Waals surface area contributed by atoms with E-state index in [1.54, 1.807) is 33.5 Å². The van der Waals surface area contributed by atoms with Gasteiger partial charge in [0.2, 0.25) is 10.0 Å². The molecule has 2 aliphatic rings. The molecule has 8 heteroatoms. The number of carbonyl (C=O) groups excluding carboxylic acids is 1. The van der Waals surface area contributed by atoms with Crippen molar-refractivity contribution in [3.05, 3.63) is 30.3 Å². The number of hydrogen-bond acceptors (Lipinski definition) is 5. The standard InChI is InChI=1S/C22H34N2O5S/c1-17(2)24(30(26,27)19-9-7-6-8-10-19)18-15-22(28-16-18)11-13-23(14-12-22)20(25)29-21(3,4)5/h6-10,17-18H,11-16H2,1-5H3/t18-/m1/s1. The Kier molecular flexibility index (Phi) is 6.51. The Labute approximate surface area is 180 Å². The second-order valence-corrected chi connectivity index (χ2v) is 11.4. The van der Waals surface area contributed by atoms with Gasteiger partial charge in [0.1, 0.15) is 5.60 Å². The maximum Gasteiger partial charge on any atom is 0.410 e. The molecule has 1 spiro atoms. The molecule has 0 aliphatic carbocycles. The topological polar surface area (TPSA) is 76.2 Å². The van der Waals surface area contributed by atoms with Crippen LogP contribution in [-0.4, -0.2) is 66.7 Å². The lowest BCUT2D eigenvalue weighted by atomic mass is 9.87. The first-order chi connectivity index (χ1) is 13.9. The summed E-state index contributed by atoms with van der Waals surface area (Å²) in [6.45, 7) is 10.8. The Balaban J connectivity index is 1.69. The van der Waals surface area contributed by atoms with Crippen LogP contribution in [0.2, 0.25) is 0 Å². The Morgan fingerprint density at radius 3 is 2.33 bits per heavy atom. The minimum atomic E-state index is -3.61. The number of likely N-dealkylation sites (tertiary alicyclic amines) is 1. The summed E-state index contributed by atoms with van der Waals surface area (Å²) in [7, 11) is -3.61. The molecule has 0 aromatic heterocycles. The van der Waals surface area contributed by atoms with E-state index >= 15 is 0 Å². The zero-order chi connectivity index (χ0) is 22.2. The van der Waals surface area contributed by atoms with E-state index in [0.717, 1.165) is 0 Å². The van der Waals surface area contributed by atoms with E-state index in [0.29, 0.717) is 43.9 Å². The van der Waals surface area contributed by atoms with Crippen LogP contribution in [0.3, 0.4) is 0 Å².